The van der Waals surface area contributed by atoms with Crippen molar-refractivity contribution in [2.45, 2.75) is 96.9 Å². The van der Waals surface area contributed by atoms with E-state index in [-0.39, 0.29) is 17.7 Å². The van der Waals surface area contributed by atoms with Crippen LogP contribution in [0.4, 0.5) is 0 Å². The van der Waals surface area contributed by atoms with Crippen molar-refractivity contribution in [2.75, 3.05) is 6.54 Å². The van der Waals surface area contributed by atoms with Gasteiger partial charge < -0.3 is 10.6 Å². The number of nitrogens with one attached hydrogen (secondary N) is 2. The zero-order valence-electron chi connectivity index (χ0n) is 31.3. The Hall–Kier alpha value is -4.70. The molecule has 2 fully saturated rings. The maximum absolute atomic E-state index is 13.6. The molecular formula is C48H56N2O2. The molecule has 2 amide bonds. The number of hydrogen-bond acceptors (Lipinski definition) is 2. The van der Waals surface area contributed by atoms with E-state index in [2.05, 4.69) is 127 Å². The van der Waals surface area contributed by atoms with Crippen LogP contribution in [0.15, 0.2) is 127 Å². The second-order valence-corrected chi connectivity index (χ2v) is 15.4. The number of hydrogen-bond donors (Lipinski definition) is 2. The molecule has 2 aliphatic carbocycles. The fraction of sp³-hybridized carbons (Fsp3) is 0.375. The van der Waals surface area contributed by atoms with E-state index in [1.807, 2.05) is 13.8 Å². The van der Waals surface area contributed by atoms with Gasteiger partial charge in [0.05, 0.1) is 10.8 Å². The quantitative estimate of drug-likeness (QED) is 0.137. The summed E-state index contributed by atoms with van der Waals surface area (Å²) in [5.41, 5.74) is 9.25. The van der Waals surface area contributed by atoms with E-state index in [4.69, 9.17) is 0 Å². The number of amides is 2. The highest BCUT2D eigenvalue weighted by Gasteiger charge is 2.41. The van der Waals surface area contributed by atoms with Crippen LogP contribution < -0.4 is 10.6 Å². The number of benzene rings is 4. The molecule has 2 saturated carbocycles. The molecule has 0 saturated heterocycles. The monoisotopic (exact) mass is 692 g/mol. The highest BCUT2D eigenvalue weighted by atomic mass is 16.2. The molecule has 0 bridgehead atoms. The molecule has 52 heavy (non-hydrogen) atoms. The standard InChI is InChI=1S/C48H56N2O2/c1-35(2)47(26-10-6-11-27-47)45(51)49-30-25-44(38-18-8-5-9-19-38)43-24-16-23-42(33-43)41-22-15-21-40(32-41)39-20-14-17-37(31-39)34-50-46(52)48(36(3)4)28-12-7-13-29-48/h5,8-9,14-24,31-33,44H,1,3,6-7,10-13,25-30,34H2,2,4H3,(H,49,51)(H,50,52). The predicted molar refractivity (Wildman–Crippen MR) is 216 cm³/mol. The molecule has 6 rings (SSSR count). The summed E-state index contributed by atoms with van der Waals surface area (Å²) in [4.78, 5) is 27.1. The smallest absolute Gasteiger partial charge is 0.230 e. The molecule has 4 heteroatoms. The average molecular weight is 693 g/mol. The Bertz CT molecular complexity index is 1880. The maximum Gasteiger partial charge on any atom is 0.230 e. The Kier molecular flexibility index (Phi) is 11.9. The van der Waals surface area contributed by atoms with Gasteiger partial charge in [-0.1, -0.05) is 154 Å². The molecule has 0 heterocycles. The third-order valence-electron chi connectivity index (χ3n) is 12.0. The third-order valence-corrected chi connectivity index (χ3v) is 12.0. The van der Waals surface area contributed by atoms with Crippen LogP contribution >= 0.6 is 0 Å². The number of rotatable bonds is 13. The van der Waals surface area contributed by atoms with E-state index < -0.39 is 10.8 Å². The fourth-order valence-corrected chi connectivity index (χ4v) is 8.74. The van der Waals surface area contributed by atoms with Gasteiger partial charge in [0, 0.05) is 19.0 Å². The van der Waals surface area contributed by atoms with Gasteiger partial charge in [-0.05, 0) is 97.0 Å². The van der Waals surface area contributed by atoms with E-state index in [1.54, 1.807) is 0 Å². The SMILES string of the molecule is C=C(C)C1(C(=O)NCCC(c2ccccc2)c2cccc(-c3cccc(-c4cccc(CNC(=O)C5(C(=C)C)CCCCC5)c4)c3)c2)CCCCC1. The molecule has 0 aromatic heterocycles. The molecule has 4 nitrogen and oxygen atoms in total. The average Bonchev–Trinajstić information content (AvgIpc) is 3.19. The lowest BCUT2D eigenvalue weighted by atomic mass is 9.69. The van der Waals surface area contributed by atoms with Gasteiger partial charge in [-0.3, -0.25) is 9.59 Å². The summed E-state index contributed by atoms with van der Waals surface area (Å²) in [7, 11) is 0. The second kappa shape index (κ2) is 16.8. The van der Waals surface area contributed by atoms with Crippen LogP contribution in [0.25, 0.3) is 22.3 Å². The lowest BCUT2D eigenvalue weighted by Gasteiger charge is -2.36. The zero-order chi connectivity index (χ0) is 36.6. The predicted octanol–water partition coefficient (Wildman–Crippen LogP) is 11.3. The van der Waals surface area contributed by atoms with Gasteiger partial charge in [0.25, 0.3) is 0 Å². The van der Waals surface area contributed by atoms with Gasteiger partial charge in [0.15, 0.2) is 0 Å². The van der Waals surface area contributed by atoms with E-state index in [1.165, 1.54) is 24.0 Å². The summed E-state index contributed by atoms with van der Waals surface area (Å²) in [5, 5.41) is 6.59. The molecule has 4 aromatic carbocycles. The van der Waals surface area contributed by atoms with Crippen molar-refractivity contribution in [1.82, 2.24) is 10.6 Å². The topological polar surface area (TPSA) is 58.2 Å². The van der Waals surface area contributed by atoms with Gasteiger partial charge in [-0.2, -0.15) is 0 Å². The molecular weight excluding hydrogens is 637 g/mol. The molecule has 1 atom stereocenters. The summed E-state index contributed by atoms with van der Waals surface area (Å²) in [6.45, 7) is 13.6. The van der Waals surface area contributed by atoms with Crippen molar-refractivity contribution in [1.29, 1.82) is 0 Å². The van der Waals surface area contributed by atoms with Crippen molar-refractivity contribution in [3.8, 4) is 22.3 Å². The van der Waals surface area contributed by atoms with Crippen molar-refractivity contribution in [3.63, 3.8) is 0 Å². The highest BCUT2D eigenvalue weighted by Crippen LogP contribution is 2.43. The van der Waals surface area contributed by atoms with Crippen LogP contribution in [0.3, 0.4) is 0 Å². The van der Waals surface area contributed by atoms with Crippen LogP contribution in [0.2, 0.25) is 0 Å². The first-order valence-corrected chi connectivity index (χ1v) is 19.5. The van der Waals surface area contributed by atoms with E-state index >= 15 is 0 Å². The van der Waals surface area contributed by atoms with Crippen molar-refractivity contribution in [2.24, 2.45) is 10.8 Å². The van der Waals surface area contributed by atoms with Gasteiger partial charge in [0.1, 0.15) is 0 Å². The highest BCUT2D eigenvalue weighted by molar-refractivity contribution is 5.86. The van der Waals surface area contributed by atoms with Crippen LogP contribution in [-0.4, -0.2) is 18.4 Å². The van der Waals surface area contributed by atoms with Gasteiger partial charge in [0.2, 0.25) is 11.8 Å². The zero-order valence-corrected chi connectivity index (χ0v) is 31.3. The largest absolute Gasteiger partial charge is 0.355 e. The molecule has 0 aliphatic heterocycles. The van der Waals surface area contributed by atoms with Crippen LogP contribution in [0, 0.1) is 10.8 Å². The van der Waals surface area contributed by atoms with E-state index in [9.17, 15) is 9.59 Å². The second-order valence-electron chi connectivity index (χ2n) is 15.4. The van der Waals surface area contributed by atoms with Gasteiger partial charge in [-0.25, -0.2) is 0 Å². The Labute approximate surface area is 311 Å². The summed E-state index contributed by atoms with van der Waals surface area (Å²) in [5.74, 6) is 0.396. The van der Waals surface area contributed by atoms with Crippen molar-refractivity contribution < 1.29 is 9.59 Å². The van der Waals surface area contributed by atoms with Crippen LogP contribution in [0.1, 0.15) is 107 Å². The Morgan fingerprint density at radius 2 is 1.06 bits per heavy atom. The third kappa shape index (κ3) is 8.17. The normalized spacial score (nSPS) is 17.0. The first-order chi connectivity index (χ1) is 25.2. The van der Waals surface area contributed by atoms with Gasteiger partial charge >= 0.3 is 0 Å². The van der Waals surface area contributed by atoms with E-state index in [0.717, 1.165) is 96.8 Å². The minimum atomic E-state index is -0.436. The number of carbonyl (C=O) groups excluding carboxylic acids is 2. The molecule has 0 spiro atoms. The molecule has 0 radical (unpaired) electrons. The minimum Gasteiger partial charge on any atom is -0.355 e. The molecule has 4 aromatic rings. The maximum atomic E-state index is 13.6. The first kappa shape index (κ1) is 37.1. The molecule has 1 unspecified atom stereocenters. The number of carbonyl (C=O) groups is 2. The van der Waals surface area contributed by atoms with E-state index in [0.29, 0.717) is 13.1 Å². The van der Waals surface area contributed by atoms with Crippen molar-refractivity contribution >= 4 is 11.8 Å². The minimum absolute atomic E-state index is 0.114. The molecule has 2 N–H and O–H groups in total. The molecule has 2 aliphatic rings. The summed E-state index contributed by atoms with van der Waals surface area (Å²) < 4.78 is 0. The lowest BCUT2D eigenvalue weighted by Crippen LogP contribution is -2.43. The van der Waals surface area contributed by atoms with Crippen LogP contribution in [0.5, 0.6) is 0 Å². The first-order valence-electron chi connectivity index (χ1n) is 19.5. The fourth-order valence-electron chi connectivity index (χ4n) is 8.74. The Morgan fingerprint density at radius 1 is 0.577 bits per heavy atom. The van der Waals surface area contributed by atoms with Crippen LogP contribution in [-0.2, 0) is 16.1 Å². The summed E-state index contributed by atoms with van der Waals surface area (Å²) in [6, 6.07) is 36.7. The summed E-state index contributed by atoms with van der Waals surface area (Å²) in [6.07, 6.45) is 11.1. The van der Waals surface area contributed by atoms with Crippen molar-refractivity contribution in [3.05, 3.63) is 144 Å². The molecule has 270 valence electrons. The van der Waals surface area contributed by atoms with Gasteiger partial charge in [-0.15, -0.1) is 0 Å². The lowest BCUT2D eigenvalue weighted by molar-refractivity contribution is -0.131. The summed E-state index contributed by atoms with van der Waals surface area (Å²) >= 11 is 0. The Morgan fingerprint density at radius 3 is 1.63 bits per heavy atom. The Balaban J connectivity index is 1.18.